The first kappa shape index (κ1) is 13.8. The van der Waals surface area contributed by atoms with Gasteiger partial charge in [0.2, 0.25) is 5.76 Å². The summed E-state index contributed by atoms with van der Waals surface area (Å²) in [6, 6.07) is 7.93. The van der Waals surface area contributed by atoms with E-state index in [0.29, 0.717) is 0 Å². The maximum atomic E-state index is 10.7. The molecule has 0 aliphatic carbocycles. The summed E-state index contributed by atoms with van der Waals surface area (Å²) in [5.41, 5.74) is 2.11. The van der Waals surface area contributed by atoms with E-state index >= 15 is 0 Å². The van der Waals surface area contributed by atoms with E-state index in [1.54, 1.807) is 6.08 Å². The Morgan fingerprint density at radius 2 is 1.89 bits per heavy atom. The number of ether oxygens (including phenoxy) is 1. The fraction of sp³-hybridized carbons (Fsp3) is 0.214. The fourth-order valence-electron chi connectivity index (χ4n) is 1.36. The summed E-state index contributed by atoms with van der Waals surface area (Å²) >= 11 is 0. The average Bonchev–Trinajstić information content (AvgIpc) is 2.34. The third-order valence-electron chi connectivity index (χ3n) is 2.38. The van der Waals surface area contributed by atoms with Gasteiger partial charge in [-0.3, -0.25) is 0 Å². The Hall–Kier alpha value is -2.23. The molecule has 96 valence electrons. The first-order valence-electron chi connectivity index (χ1n) is 5.47. The SMILES string of the molecule is CO/C(=C\C=C\c1ccc(N(C)C)cc1)C(=O)O. The standard InChI is InChI=1S/C14H17NO3/c1-15(2)12-9-7-11(8-10-12)5-4-6-13(18-3)14(16)17/h4-10H,1-3H3,(H,16,17)/b5-4+,13-6-. The topological polar surface area (TPSA) is 49.8 Å². The zero-order chi connectivity index (χ0) is 13.5. The highest BCUT2D eigenvalue weighted by atomic mass is 16.5. The van der Waals surface area contributed by atoms with Crippen LogP contribution in [0.4, 0.5) is 5.69 Å². The van der Waals surface area contributed by atoms with Gasteiger partial charge in [0, 0.05) is 19.8 Å². The second-order valence-corrected chi connectivity index (χ2v) is 3.89. The van der Waals surface area contributed by atoms with Crippen LogP contribution in [-0.2, 0) is 9.53 Å². The van der Waals surface area contributed by atoms with Crippen molar-refractivity contribution in [2.75, 3.05) is 26.1 Å². The summed E-state index contributed by atoms with van der Waals surface area (Å²) in [5.74, 6) is -1.17. The van der Waals surface area contributed by atoms with Crippen LogP contribution in [0.5, 0.6) is 0 Å². The van der Waals surface area contributed by atoms with Crippen LogP contribution in [-0.4, -0.2) is 32.3 Å². The molecule has 1 aromatic rings. The van der Waals surface area contributed by atoms with Crippen LogP contribution in [0.15, 0.2) is 42.2 Å². The molecule has 0 bridgehead atoms. The Kier molecular flexibility index (Phi) is 4.99. The number of benzene rings is 1. The minimum Gasteiger partial charge on any atom is -0.490 e. The van der Waals surface area contributed by atoms with Gasteiger partial charge in [0.05, 0.1) is 7.11 Å². The number of carbonyl (C=O) groups is 1. The number of carboxylic acid groups (broad SMARTS) is 1. The third kappa shape index (κ3) is 3.97. The highest BCUT2D eigenvalue weighted by Gasteiger charge is 2.03. The molecular weight excluding hydrogens is 230 g/mol. The van der Waals surface area contributed by atoms with E-state index in [1.165, 1.54) is 13.2 Å². The van der Waals surface area contributed by atoms with Gasteiger partial charge in [-0.1, -0.05) is 24.3 Å². The first-order valence-corrected chi connectivity index (χ1v) is 5.47. The van der Waals surface area contributed by atoms with Crippen LogP contribution >= 0.6 is 0 Å². The smallest absolute Gasteiger partial charge is 0.371 e. The molecule has 0 amide bonds. The summed E-state index contributed by atoms with van der Waals surface area (Å²) in [6.45, 7) is 0. The van der Waals surface area contributed by atoms with Crippen molar-refractivity contribution in [3.8, 4) is 0 Å². The quantitative estimate of drug-likeness (QED) is 0.493. The van der Waals surface area contributed by atoms with Gasteiger partial charge in [-0.15, -0.1) is 0 Å². The van der Waals surface area contributed by atoms with Gasteiger partial charge >= 0.3 is 5.97 Å². The largest absolute Gasteiger partial charge is 0.490 e. The molecule has 0 radical (unpaired) electrons. The lowest BCUT2D eigenvalue weighted by atomic mass is 10.2. The van der Waals surface area contributed by atoms with Crippen molar-refractivity contribution in [2.24, 2.45) is 0 Å². The van der Waals surface area contributed by atoms with Crippen LogP contribution in [0.2, 0.25) is 0 Å². The van der Waals surface area contributed by atoms with Crippen molar-refractivity contribution in [2.45, 2.75) is 0 Å². The van der Waals surface area contributed by atoms with E-state index in [0.717, 1.165) is 11.3 Å². The number of methoxy groups -OCH3 is 1. The summed E-state index contributed by atoms with van der Waals surface area (Å²) in [7, 11) is 5.29. The monoisotopic (exact) mass is 247 g/mol. The van der Waals surface area contributed by atoms with Gasteiger partial charge in [0.25, 0.3) is 0 Å². The lowest BCUT2D eigenvalue weighted by molar-refractivity contribution is -0.136. The molecule has 18 heavy (non-hydrogen) atoms. The zero-order valence-corrected chi connectivity index (χ0v) is 10.8. The molecule has 0 saturated heterocycles. The number of aliphatic carboxylic acids is 1. The first-order chi connectivity index (χ1) is 8.54. The van der Waals surface area contributed by atoms with Gasteiger partial charge in [-0.2, -0.15) is 0 Å². The lowest BCUT2D eigenvalue weighted by Crippen LogP contribution is -2.07. The van der Waals surface area contributed by atoms with Gasteiger partial charge in [0.15, 0.2) is 0 Å². The molecule has 0 aliphatic rings. The summed E-state index contributed by atoms with van der Waals surface area (Å²) in [5, 5.41) is 8.74. The minimum atomic E-state index is -1.08. The molecule has 0 aliphatic heterocycles. The van der Waals surface area contributed by atoms with Gasteiger partial charge < -0.3 is 14.7 Å². The predicted octanol–water partition coefficient (Wildman–Crippen LogP) is 2.38. The third-order valence-corrected chi connectivity index (χ3v) is 2.38. The normalized spacial score (nSPS) is 11.6. The molecule has 0 heterocycles. The molecule has 1 aromatic carbocycles. The number of carboxylic acids is 1. The van der Waals surface area contributed by atoms with Crippen LogP contribution in [0.25, 0.3) is 6.08 Å². The Morgan fingerprint density at radius 3 is 2.33 bits per heavy atom. The summed E-state index contributed by atoms with van der Waals surface area (Å²) in [6.07, 6.45) is 4.89. The van der Waals surface area contributed by atoms with Crippen LogP contribution in [0, 0.1) is 0 Å². The summed E-state index contributed by atoms with van der Waals surface area (Å²) in [4.78, 5) is 12.7. The average molecular weight is 247 g/mol. The minimum absolute atomic E-state index is 0.0869. The highest BCUT2D eigenvalue weighted by Crippen LogP contribution is 2.13. The van der Waals surface area contributed by atoms with Gasteiger partial charge in [0.1, 0.15) is 0 Å². The number of rotatable bonds is 5. The molecule has 4 nitrogen and oxygen atoms in total. The molecule has 1 rings (SSSR count). The van der Waals surface area contributed by atoms with Gasteiger partial charge in [-0.05, 0) is 23.8 Å². The molecule has 0 aromatic heterocycles. The number of nitrogens with zero attached hydrogens (tertiary/aromatic N) is 1. The molecule has 0 saturated carbocycles. The van der Waals surface area contributed by atoms with E-state index in [2.05, 4.69) is 0 Å². The van der Waals surface area contributed by atoms with E-state index in [9.17, 15) is 4.79 Å². The summed E-state index contributed by atoms with van der Waals surface area (Å²) < 4.78 is 4.70. The molecule has 0 atom stereocenters. The van der Waals surface area contributed by atoms with Crippen LogP contribution in [0.1, 0.15) is 5.56 Å². The predicted molar refractivity (Wildman–Crippen MR) is 72.5 cm³/mol. The Labute approximate surface area is 107 Å². The second kappa shape index (κ2) is 6.49. The van der Waals surface area contributed by atoms with E-state index in [-0.39, 0.29) is 5.76 Å². The Bertz CT molecular complexity index is 458. The van der Waals surface area contributed by atoms with E-state index in [1.807, 2.05) is 49.3 Å². The molecule has 0 spiro atoms. The van der Waals surface area contributed by atoms with Crippen molar-refractivity contribution >= 4 is 17.7 Å². The number of hydrogen-bond donors (Lipinski definition) is 1. The Balaban J connectivity index is 2.76. The van der Waals surface area contributed by atoms with Gasteiger partial charge in [-0.25, -0.2) is 4.79 Å². The molecule has 0 fully saturated rings. The van der Waals surface area contributed by atoms with Crippen LogP contribution in [0.3, 0.4) is 0 Å². The maximum absolute atomic E-state index is 10.7. The number of hydrogen-bond acceptors (Lipinski definition) is 3. The van der Waals surface area contributed by atoms with Crippen molar-refractivity contribution in [1.82, 2.24) is 0 Å². The van der Waals surface area contributed by atoms with E-state index in [4.69, 9.17) is 9.84 Å². The second-order valence-electron chi connectivity index (χ2n) is 3.89. The molecular formula is C14H17NO3. The zero-order valence-electron chi connectivity index (χ0n) is 10.8. The van der Waals surface area contributed by atoms with Crippen molar-refractivity contribution in [3.05, 3.63) is 47.7 Å². The fourth-order valence-corrected chi connectivity index (χ4v) is 1.36. The van der Waals surface area contributed by atoms with Crippen molar-refractivity contribution < 1.29 is 14.6 Å². The number of anilines is 1. The molecule has 4 heteroatoms. The maximum Gasteiger partial charge on any atom is 0.371 e. The van der Waals surface area contributed by atoms with Crippen molar-refractivity contribution in [1.29, 1.82) is 0 Å². The molecule has 1 N–H and O–H groups in total. The lowest BCUT2D eigenvalue weighted by Gasteiger charge is -2.11. The molecule has 0 unspecified atom stereocenters. The van der Waals surface area contributed by atoms with Crippen molar-refractivity contribution in [3.63, 3.8) is 0 Å². The van der Waals surface area contributed by atoms with E-state index < -0.39 is 5.97 Å². The van der Waals surface area contributed by atoms with Crippen LogP contribution < -0.4 is 4.90 Å². The number of allylic oxidation sites excluding steroid dienone is 2. The highest BCUT2D eigenvalue weighted by molar-refractivity contribution is 5.84. The Morgan fingerprint density at radius 1 is 1.28 bits per heavy atom.